The van der Waals surface area contributed by atoms with E-state index in [-0.39, 0.29) is 17.1 Å². The van der Waals surface area contributed by atoms with Crippen molar-refractivity contribution in [3.63, 3.8) is 0 Å². The monoisotopic (exact) mass is 415 g/mol. The molecule has 0 fully saturated rings. The molecule has 4 rings (SSSR count). The number of carbonyl (C=O) groups excluding carboxylic acids is 1. The normalized spacial score (nSPS) is 13.8. The van der Waals surface area contributed by atoms with Crippen molar-refractivity contribution in [3.8, 4) is 0 Å². The number of carbonyl (C=O) groups is 1. The highest BCUT2D eigenvalue weighted by Gasteiger charge is 2.21. The third-order valence-electron chi connectivity index (χ3n) is 5.46. The number of aromatic amines is 1. The summed E-state index contributed by atoms with van der Waals surface area (Å²) in [5, 5.41) is 1.30. The maximum absolute atomic E-state index is 12.8. The van der Waals surface area contributed by atoms with Gasteiger partial charge in [0, 0.05) is 28.4 Å². The molecule has 28 heavy (non-hydrogen) atoms. The Balaban J connectivity index is 1.55. The average molecular weight is 416 g/mol. The Morgan fingerprint density at radius 2 is 2.11 bits per heavy atom. The zero-order valence-electron chi connectivity index (χ0n) is 16.6. The minimum atomic E-state index is -0.0690. The summed E-state index contributed by atoms with van der Waals surface area (Å²) in [7, 11) is 0. The molecule has 3 heterocycles. The first-order valence-electron chi connectivity index (χ1n) is 9.87. The zero-order chi connectivity index (χ0) is 19.8. The third kappa shape index (κ3) is 3.46. The van der Waals surface area contributed by atoms with Crippen molar-refractivity contribution in [3.05, 3.63) is 43.8 Å². The second kappa shape index (κ2) is 7.87. The molecule has 0 radical (unpaired) electrons. The molecule has 1 aliphatic rings. The molecule has 0 bridgehead atoms. The van der Waals surface area contributed by atoms with Gasteiger partial charge in [-0.1, -0.05) is 18.7 Å². The number of aromatic nitrogens is 3. The summed E-state index contributed by atoms with van der Waals surface area (Å²) in [5.41, 5.74) is 4.03. The highest BCUT2D eigenvalue weighted by molar-refractivity contribution is 7.99. The molecule has 1 N–H and O–H groups in total. The van der Waals surface area contributed by atoms with Gasteiger partial charge in [0.15, 0.2) is 10.9 Å². The van der Waals surface area contributed by atoms with Crippen LogP contribution in [0.15, 0.2) is 16.0 Å². The predicted molar refractivity (Wildman–Crippen MR) is 116 cm³/mol. The molecule has 0 amide bonds. The number of nitrogens with one attached hydrogen (secondary N) is 1. The molecule has 0 saturated carbocycles. The Kier molecular flexibility index (Phi) is 5.47. The van der Waals surface area contributed by atoms with E-state index in [1.807, 2.05) is 19.9 Å². The summed E-state index contributed by atoms with van der Waals surface area (Å²) in [5.74, 6) is 0.351. The molecule has 148 valence electrons. The van der Waals surface area contributed by atoms with Crippen molar-refractivity contribution in [2.45, 2.75) is 64.6 Å². The molecule has 0 atom stereocenters. The van der Waals surface area contributed by atoms with E-state index in [0.29, 0.717) is 5.16 Å². The van der Waals surface area contributed by atoms with Crippen LogP contribution in [0, 0.1) is 13.8 Å². The minimum absolute atomic E-state index is 0.0690. The lowest BCUT2D eigenvalue weighted by Gasteiger charge is -2.09. The topological polar surface area (TPSA) is 67.8 Å². The highest BCUT2D eigenvalue weighted by Crippen LogP contribution is 2.34. The van der Waals surface area contributed by atoms with Crippen LogP contribution in [0.4, 0.5) is 0 Å². The van der Waals surface area contributed by atoms with Gasteiger partial charge in [0.1, 0.15) is 4.83 Å². The first kappa shape index (κ1) is 19.5. The largest absolute Gasteiger partial charge is 0.348 e. The first-order valence-corrected chi connectivity index (χ1v) is 11.7. The van der Waals surface area contributed by atoms with E-state index < -0.39 is 0 Å². The summed E-state index contributed by atoms with van der Waals surface area (Å²) in [6.07, 6.45) is 5.38. The molecule has 7 heteroatoms. The molecule has 0 aliphatic heterocycles. The van der Waals surface area contributed by atoms with Crippen LogP contribution in [-0.4, -0.2) is 26.1 Å². The van der Waals surface area contributed by atoms with E-state index in [9.17, 15) is 9.59 Å². The standard InChI is InChI=1S/C21H25N3O2S2/c1-4-9-24-12(2)10-15(13(24)3)16(25)11-27-21-22-19(26)18-14-7-5-6-8-17(14)28-20(18)23-21/h10H,4-9,11H2,1-3H3,(H,22,23,26). The van der Waals surface area contributed by atoms with Crippen LogP contribution in [0.2, 0.25) is 0 Å². The Morgan fingerprint density at radius 3 is 2.89 bits per heavy atom. The van der Waals surface area contributed by atoms with Crippen LogP contribution in [0.25, 0.3) is 10.2 Å². The van der Waals surface area contributed by atoms with Gasteiger partial charge in [-0.25, -0.2) is 4.98 Å². The van der Waals surface area contributed by atoms with Gasteiger partial charge in [0.25, 0.3) is 5.56 Å². The molecule has 3 aromatic heterocycles. The van der Waals surface area contributed by atoms with Crippen molar-refractivity contribution in [1.82, 2.24) is 14.5 Å². The maximum Gasteiger partial charge on any atom is 0.260 e. The number of fused-ring (bicyclic) bond motifs is 3. The number of Topliss-reactive ketones (excluding diaryl/α,β-unsaturated/α-hetero) is 1. The van der Waals surface area contributed by atoms with Crippen LogP contribution < -0.4 is 5.56 Å². The van der Waals surface area contributed by atoms with Crippen LogP contribution in [0.1, 0.15) is 58.4 Å². The average Bonchev–Trinajstić information content (AvgIpc) is 3.19. The summed E-state index contributed by atoms with van der Waals surface area (Å²) in [6.45, 7) is 7.10. The number of hydrogen-bond acceptors (Lipinski definition) is 5. The number of thiophene rings is 1. The molecule has 0 unspecified atom stereocenters. The lowest BCUT2D eigenvalue weighted by molar-refractivity contribution is 0.102. The summed E-state index contributed by atoms with van der Waals surface area (Å²) in [6, 6.07) is 1.97. The minimum Gasteiger partial charge on any atom is -0.348 e. The van der Waals surface area contributed by atoms with E-state index in [1.54, 1.807) is 11.3 Å². The van der Waals surface area contributed by atoms with Gasteiger partial charge < -0.3 is 9.55 Å². The molecular weight excluding hydrogens is 390 g/mol. The van der Waals surface area contributed by atoms with Gasteiger partial charge in [-0.05, 0) is 57.6 Å². The second-order valence-electron chi connectivity index (χ2n) is 7.41. The first-order chi connectivity index (χ1) is 13.5. The number of aryl methyl sites for hydroxylation is 3. The highest BCUT2D eigenvalue weighted by atomic mass is 32.2. The second-order valence-corrected chi connectivity index (χ2v) is 9.46. The molecular formula is C21H25N3O2S2. The van der Waals surface area contributed by atoms with Crippen molar-refractivity contribution < 1.29 is 4.79 Å². The number of rotatable bonds is 6. The quantitative estimate of drug-likeness (QED) is 0.361. The fourth-order valence-electron chi connectivity index (χ4n) is 4.08. The van der Waals surface area contributed by atoms with Crippen molar-refractivity contribution in [1.29, 1.82) is 0 Å². The van der Waals surface area contributed by atoms with Gasteiger partial charge in [0.2, 0.25) is 0 Å². The molecule has 1 aliphatic carbocycles. The third-order valence-corrected chi connectivity index (χ3v) is 7.52. The fourth-order valence-corrected chi connectivity index (χ4v) is 6.14. The number of ketones is 1. The fraction of sp³-hybridized carbons (Fsp3) is 0.476. The molecule has 0 saturated heterocycles. The SMILES string of the molecule is CCCn1c(C)cc(C(=O)CSc2nc3sc4c(c3c(=O)[nH]2)CCCC4)c1C. The number of hydrogen-bond donors (Lipinski definition) is 1. The van der Waals surface area contributed by atoms with Crippen LogP contribution >= 0.6 is 23.1 Å². The smallest absolute Gasteiger partial charge is 0.260 e. The number of thioether (sulfide) groups is 1. The van der Waals surface area contributed by atoms with Gasteiger partial charge in [-0.2, -0.15) is 0 Å². The van der Waals surface area contributed by atoms with Gasteiger partial charge in [-0.15, -0.1) is 11.3 Å². The van der Waals surface area contributed by atoms with E-state index in [2.05, 4.69) is 21.5 Å². The lowest BCUT2D eigenvalue weighted by atomic mass is 9.97. The van der Waals surface area contributed by atoms with Crippen molar-refractivity contribution >= 4 is 39.1 Å². The van der Waals surface area contributed by atoms with Crippen LogP contribution in [-0.2, 0) is 19.4 Å². The van der Waals surface area contributed by atoms with Crippen LogP contribution in [0.3, 0.4) is 0 Å². The Morgan fingerprint density at radius 1 is 1.32 bits per heavy atom. The summed E-state index contributed by atoms with van der Waals surface area (Å²) >= 11 is 2.96. The maximum atomic E-state index is 12.8. The van der Waals surface area contributed by atoms with Crippen molar-refractivity contribution in [2.24, 2.45) is 0 Å². The molecule has 0 spiro atoms. The Bertz CT molecular complexity index is 1110. The Hall–Kier alpha value is -1.86. The molecule has 3 aromatic rings. The van der Waals surface area contributed by atoms with E-state index in [0.717, 1.165) is 59.4 Å². The lowest BCUT2D eigenvalue weighted by Crippen LogP contribution is -2.12. The summed E-state index contributed by atoms with van der Waals surface area (Å²) in [4.78, 5) is 35.1. The van der Waals surface area contributed by atoms with E-state index >= 15 is 0 Å². The predicted octanol–water partition coefficient (Wildman–Crippen LogP) is 4.67. The number of H-pyrrole nitrogens is 1. The van der Waals surface area contributed by atoms with E-state index in [4.69, 9.17) is 0 Å². The Labute approximate surface area is 172 Å². The number of nitrogens with zero attached hydrogens (tertiary/aromatic N) is 2. The summed E-state index contributed by atoms with van der Waals surface area (Å²) < 4.78 is 2.19. The molecule has 5 nitrogen and oxygen atoms in total. The van der Waals surface area contributed by atoms with E-state index in [1.165, 1.54) is 28.6 Å². The van der Waals surface area contributed by atoms with Gasteiger partial charge in [-0.3, -0.25) is 9.59 Å². The van der Waals surface area contributed by atoms with Gasteiger partial charge >= 0.3 is 0 Å². The van der Waals surface area contributed by atoms with Crippen LogP contribution in [0.5, 0.6) is 0 Å². The van der Waals surface area contributed by atoms with Gasteiger partial charge in [0.05, 0.1) is 11.1 Å². The molecule has 0 aromatic carbocycles. The zero-order valence-corrected chi connectivity index (χ0v) is 18.2. The van der Waals surface area contributed by atoms with Crippen molar-refractivity contribution in [2.75, 3.05) is 5.75 Å².